The molecular formula is C30H34N2O6. The molecule has 0 amide bonds. The number of hydrogen-bond donors (Lipinski definition) is 1. The Bertz CT molecular complexity index is 1440. The number of methoxy groups -OCH3 is 1. The topological polar surface area (TPSA) is 102 Å². The van der Waals surface area contributed by atoms with Crippen LogP contribution in [0.1, 0.15) is 72.8 Å². The summed E-state index contributed by atoms with van der Waals surface area (Å²) < 4.78 is 13.0. The highest BCUT2D eigenvalue weighted by atomic mass is 16.5. The van der Waals surface area contributed by atoms with Gasteiger partial charge in [-0.1, -0.05) is 44.2 Å². The molecular weight excluding hydrogens is 484 g/mol. The van der Waals surface area contributed by atoms with E-state index in [9.17, 15) is 19.5 Å². The number of esters is 1. The maximum absolute atomic E-state index is 12.9. The number of benzene rings is 1. The molecule has 0 aliphatic carbocycles. The van der Waals surface area contributed by atoms with E-state index in [1.807, 2.05) is 41.0 Å². The zero-order valence-corrected chi connectivity index (χ0v) is 22.1. The molecule has 4 heterocycles. The number of ether oxygens (including phenoxy) is 1. The van der Waals surface area contributed by atoms with Crippen LogP contribution in [-0.4, -0.2) is 40.7 Å². The highest BCUT2D eigenvalue weighted by Crippen LogP contribution is 2.37. The second-order valence-electron chi connectivity index (χ2n) is 10.8. The molecule has 3 aromatic rings. The van der Waals surface area contributed by atoms with Crippen molar-refractivity contribution < 1.29 is 19.1 Å². The molecule has 8 heteroatoms. The molecule has 5 rings (SSSR count). The highest BCUT2D eigenvalue weighted by Gasteiger charge is 2.35. The Hall–Kier alpha value is -3.65. The van der Waals surface area contributed by atoms with E-state index in [1.165, 1.54) is 13.2 Å². The van der Waals surface area contributed by atoms with Crippen molar-refractivity contribution in [2.45, 2.75) is 57.5 Å². The van der Waals surface area contributed by atoms with Crippen LogP contribution in [0, 0.1) is 5.92 Å². The minimum atomic E-state index is -0.671. The first kappa shape index (κ1) is 26.0. The Labute approximate surface area is 221 Å². The largest absolute Gasteiger partial charge is 0.502 e. The van der Waals surface area contributed by atoms with Gasteiger partial charge in [0.05, 0.1) is 26.0 Å². The van der Waals surface area contributed by atoms with Crippen LogP contribution in [0.3, 0.4) is 0 Å². The first-order valence-corrected chi connectivity index (χ1v) is 13.2. The minimum absolute atomic E-state index is 0.0397. The normalized spacial score (nSPS) is 19.7. The van der Waals surface area contributed by atoms with Crippen LogP contribution < -0.4 is 11.0 Å². The Morgan fingerprint density at radius 1 is 1.08 bits per heavy atom. The molecule has 2 aliphatic heterocycles. The van der Waals surface area contributed by atoms with Crippen molar-refractivity contribution >= 4 is 5.97 Å². The number of pyridine rings is 1. The van der Waals surface area contributed by atoms with Gasteiger partial charge in [0.25, 0.3) is 5.56 Å². The summed E-state index contributed by atoms with van der Waals surface area (Å²) in [5, 5.41) is 10.8. The van der Waals surface area contributed by atoms with Gasteiger partial charge >= 0.3 is 5.97 Å². The number of aromatic nitrogens is 1. The first-order valence-electron chi connectivity index (χ1n) is 13.2. The van der Waals surface area contributed by atoms with Crippen molar-refractivity contribution in [2.24, 2.45) is 5.92 Å². The fourth-order valence-electron chi connectivity index (χ4n) is 5.94. The van der Waals surface area contributed by atoms with Gasteiger partial charge in [-0.2, -0.15) is 0 Å². The predicted octanol–water partition coefficient (Wildman–Crippen LogP) is 3.94. The summed E-state index contributed by atoms with van der Waals surface area (Å²) >= 11 is 0. The Balaban J connectivity index is 1.44. The number of fused-ring (bicyclic) bond motifs is 4. The minimum Gasteiger partial charge on any atom is -0.502 e. The molecule has 1 unspecified atom stereocenters. The average molecular weight is 519 g/mol. The van der Waals surface area contributed by atoms with E-state index in [1.54, 1.807) is 6.07 Å². The summed E-state index contributed by atoms with van der Waals surface area (Å²) in [5.74, 6) is -0.218. The fraction of sp³-hybridized carbons (Fsp3) is 0.433. The van der Waals surface area contributed by atoms with Crippen LogP contribution in [0.15, 0.2) is 62.5 Å². The lowest BCUT2D eigenvalue weighted by molar-refractivity contribution is -0.140. The van der Waals surface area contributed by atoms with Gasteiger partial charge in [-0.15, -0.1) is 0 Å². The number of piperidine rings is 1. The van der Waals surface area contributed by atoms with Gasteiger partial charge < -0.3 is 18.8 Å². The summed E-state index contributed by atoms with van der Waals surface area (Å²) in [6, 6.07) is 14.5. The second-order valence-corrected chi connectivity index (χ2v) is 10.8. The quantitative estimate of drug-likeness (QED) is 0.473. The van der Waals surface area contributed by atoms with Gasteiger partial charge in [0, 0.05) is 43.4 Å². The molecule has 2 bridgehead atoms. The Kier molecular flexibility index (Phi) is 7.25. The van der Waals surface area contributed by atoms with Gasteiger partial charge in [-0.25, -0.2) is 0 Å². The van der Waals surface area contributed by atoms with Gasteiger partial charge in [0.2, 0.25) is 11.2 Å². The van der Waals surface area contributed by atoms with E-state index in [0.29, 0.717) is 30.7 Å². The third-order valence-electron chi connectivity index (χ3n) is 7.86. The molecule has 200 valence electrons. The van der Waals surface area contributed by atoms with Crippen LogP contribution in [0.2, 0.25) is 0 Å². The number of nitrogens with zero attached hydrogens (tertiary/aromatic N) is 2. The van der Waals surface area contributed by atoms with Crippen LogP contribution >= 0.6 is 0 Å². The Morgan fingerprint density at radius 3 is 2.53 bits per heavy atom. The van der Waals surface area contributed by atoms with E-state index in [4.69, 9.17) is 9.15 Å². The molecule has 1 N–H and O–H groups in total. The standard InChI is InChI=1S/C30H34N2O6/c1-18(2)20-7-9-21(10-8-20)24(13-28(35)37-3)30-29(36)26(33)12-23(38-30)17-31-14-19-11-22(16-31)25-5-4-6-27(34)32(25)15-19/h4-10,12,18-19,22,24,36H,11,13-17H2,1-3H3/t19-,22+,24?/m1/s1. The number of aromatic hydroxyl groups is 1. The molecule has 3 atom stereocenters. The lowest BCUT2D eigenvalue weighted by Gasteiger charge is -2.42. The van der Waals surface area contributed by atoms with Crippen molar-refractivity contribution in [3.8, 4) is 5.75 Å². The first-order chi connectivity index (χ1) is 18.2. The molecule has 38 heavy (non-hydrogen) atoms. The molecule has 0 saturated carbocycles. The number of carbonyl (C=O) groups is 1. The van der Waals surface area contributed by atoms with Gasteiger partial charge in [0.15, 0.2) is 5.76 Å². The van der Waals surface area contributed by atoms with Crippen molar-refractivity contribution in [2.75, 3.05) is 20.2 Å². The molecule has 1 saturated heterocycles. The molecule has 2 aliphatic rings. The monoisotopic (exact) mass is 518 g/mol. The van der Waals surface area contributed by atoms with Crippen LogP contribution in [-0.2, 0) is 22.6 Å². The number of rotatable bonds is 7. The number of likely N-dealkylation sites (tertiary alicyclic amines) is 1. The van der Waals surface area contributed by atoms with Gasteiger partial charge in [-0.3, -0.25) is 19.3 Å². The summed E-state index contributed by atoms with van der Waals surface area (Å²) in [7, 11) is 1.31. The predicted molar refractivity (Wildman–Crippen MR) is 142 cm³/mol. The molecule has 0 radical (unpaired) electrons. The molecule has 0 spiro atoms. The molecule has 1 aromatic carbocycles. The number of carbonyl (C=O) groups excluding carboxylic acids is 1. The Morgan fingerprint density at radius 2 is 1.82 bits per heavy atom. The highest BCUT2D eigenvalue weighted by molar-refractivity contribution is 5.71. The zero-order valence-electron chi connectivity index (χ0n) is 22.1. The van der Waals surface area contributed by atoms with Crippen molar-refractivity contribution in [1.82, 2.24) is 9.47 Å². The van der Waals surface area contributed by atoms with E-state index in [0.717, 1.165) is 36.3 Å². The third kappa shape index (κ3) is 5.18. The SMILES string of the molecule is COC(=O)CC(c1ccc(C(C)C)cc1)c1oc(CN2C[C@H]3C[C@@H](C2)c2cccc(=O)n2C3)cc(=O)c1O. The maximum atomic E-state index is 12.9. The van der Waals surface area contributed by atoms with Crippen LogP contribution in [0.25, 0.3) is 0 Å². The molecule has 2 aromatic heterocycles. The van der Waals surface area contributed by atoms with Crippen LogP contribution in [0.4, 0.5) is 0 Å². The molecule has 8 nitrogen and oxygen atoms in total. The summed E-state index contributed by atoms with van der Waals surface area (Å²) in [5.41, 5.74) is 2.45. The van der Waals surface area contributed by atoms with Crippen molar-refractivity contribution in [3.63, 3.8) is 0 Å². The summed E-state index contributed by atoms with van der Waals surface area (Å²) in [4.78, 5) is 39.8. The zero-order chi connectivity index (χ0) is 27.0. The average Bonchev–Trinajstić information content (AvgIpc) is 2.90. The van der Waals surface area contributed by atoms with Crippen LogP contribution in [0.5, 0.6) is 5.75 Å². The van der Waals surface area contributed by atoms with E-state index >= 15 is 0 Å². The smallest absolute Gasteiger partial charge is 0.306 e. The van der Waals surface area contributed by atoms with Crippen molar-refractivity contribution in [3.05, 3.63) is 97.4 Å². The lowest BCUT2D eigenvalue weighted by atomic mass is 9.83. The third-order valence-corrected chi connectivity index (χ3v) is 7.86. The van der Waals surface area contributed by atoms with E-state index in [2.05, 4.69) is 18.7 Å². The van der Waals surface area contributed by atoms with Gasteiger partial charge in [-0.05, 0) is 35.4 Å². The van der Waals surface area contributed by atoms with Crippen molar-refractivity contribution in [1.29, 1.82) is 0 Å². The number of hydrogen-bond acceptors (Lipinski definition) is 7. The van der Waals surface area contributed by atoms with E-state index < -0.39 is 23.1 Å². The maximum Gasteiger partial charge on any atom is 0.306 e. The second kappa shape index (κ2) is 10.6. The summed E-state index contributed by atoms with van der Waals surface area (Å²) in [6.45, 7) is 6.79. The fourth-order valence-corrected chi connectivity index (χ4v) is 5.94. The lowest BCUT2D eigenvalue weighted by Crippen LogP contribution is -2.46. The van der Waals surface area contributed by atoms with E-state index in [-0.39, 0.29) is 23.7 Å². The summed E-state index contributed by atoms with van der Waals surface area (Å²) in [6.07, 6.45) is 0.954. The van der Waals surface area contributed by atoms with Gasteiger partial charge in [0.1, 0.15) is 5.76 Å². The molecule has 1 fully saturated rings.